The van der Waals surface area contributed by atoms with Gasteiger partial charge in [0.2, 0.25) is 0 Å². The molecule has 0 aromatic heterocycles. The highest BCUT2D eigenvalue weighted by Gasteiger charge is 2.29. The SMILES string of the molecule is CCCN1C(=O)C(=Cc2cc(Br)c(O)c(OCC)c2)NC1=S. The van der Waals surface area contributed by atoms with Gasteiger partial charge in [-0.2, -0.15) is 0 Å². The van der Waals surface area contributed by atoms with Gasteiger partial charge >= 0.3 is 0 Å². The number of phenols is 1. The van der Waals surface area contributed by atoms with Crippen LogP contribution in [0.4, 0.5) is 0 Å². The fraction of sp³-hybridized carbons (Fsp3) is 0.333. The molecule has 7 heteroatoms. The van der Waals surface area contributed by atoms with Crippen LogP contribution in [0.2, 0.25) is 0 Å². The van der Waals surface area contributed by atoms with Gasteiger partial charge in [-0.3, -0.25) is 9.69 Å². The zero-order valence-corrected chi connectivity index (χ0v) is 14.8. The molecule has 1 heterocycles. The Labute approximate surface area is 143 Å². The number of amides is 1. The number of halogens is 1. The molecular formula is C15H17BrN2O3S. The number of rotatable bonds is 5. The zero-order valence-electron chi connectivity index (χ0n) is 12.4. The molecule has 22 heavy (non-hydrogen) atoms. The minimum atomic E-state index is -0.144. The molecule has 0 unspecified atom stereocenters. The number of ether oxygens (including phenoxy) is 1. The van der Waals surface area contributed by atoms with E-state index in [1.807, 2.05) is 13.8 Å². The number of nitrogens with zero attached hydrogens (tertiary/aromatic N) is 1. The van der Waals surface area contributed by atoms with Gasteiger partial charge in [0.1, 0.15) is 5.70 Å². The second-order valence-electron chi connectivity index (χ2n) is 4.73. The molecule has 0 saturated carbocycles. The van der Waals surface area contributed by atoms with E-state index in [1.54, 1.807) is 23.1 Å². The van der Waals surface area contributed by atoms with E-state index in [0.717, 1.165) is 12.0 Å². The van der Waals surface area contributed by atoms with E-state index in [4.69, 9.17) is 17.0 Å². The summed E-state index contributed by atoms with van der Waals surface area (Å²) in [7, 11) is 0. The van der Waals surface area contributed by atoms with Gasteiger partial charge in [0.15, 0.2) is 16.6 Å². The Morgan fingerprint density at radius 2 is 2.18 bits per heavy atom. The lowest BCUT2D eigenvalue weighted by molar-refractivity contribution is -0.122. The van der Waals surface area contributed by atoms with Crippen molar-refractivity contribution in [1.29, 1.82) is 0 Å². The number of carbonyl (C=O) groups is 1. The third-order valence-electron chi connectivity index (χ3n) is 3.07. The molecule has 1 amide bonds. The van der Waals surface area contributed by atoms with Crippen LogP contribution < -0.4 is 10.1 Å². The molecule has 1 aromatic rings. The van der Waals surface area contributed by atoms with Crippen molar-refractivity contribution in [2.75, 3.05) is 13.2 Å². The molecule has 1 saturated heterocycles. The Balaban J connectivity index is 2.33. The number of carbonyl (C=O) groups excluding carboxylic acids is 1. The second-order valence-corrected chi connectivity index (χ2v) is 5.97. The molecule has 1 fully saturated rings. The average molecular weight is 385 g/mol. The molecule has 0 aliphatic carbocycles. The summed E-state index contributed by atoms with van der Waals surface area (Å²) in [6, 6.07) is 3.39. The van der Waals surface area contributed by atoms with E-state index in [1.165, 1.54) is 0 Å². The predicted molar refractivity (Wildman–Crippen MR) is 92.7 cm³/mol. The molecular weight excluding hydrogens is 368 g/mol. The van der Waals surface area contributed by atoms with Gasteiger partial charge < -0.3 is 15.2 Å². The monoisotopic (exact) mass is 384 g/mol. The Morgan fingerprint density at radius 3 is 2.82 bits per heavy atom. The van der Waals surface area contributed by atoms with Crippen molar-refractivity contribution < 1.29 is 14.6 Å². The van der Waals surface area contributed by atoms with E-state index in [2.05, 4.69) is 21.2 Å². The summed E-state index contributed by atoms with van der Waals surface area (Å²) in [5.41, 5.74) is 1.14. The van der Waals surface area contributed by atoms with Crippen molar-refractivity contribution in [1.82, 2.24) is 10.2 Å². The number of phenolic OH excluding ortho intramolecular Hbond substituents is 1. The summed E-state index contributed by atoms with van der Waals surface area (Å²) < 4.78 is 5.88. The highest BCUT2D eigenvalue weighted by atomic mass is 79.9. The number of nitrogens with one attached hydrogen (secondary N) is 1. The molecule has 5 nitrogen and oxygen atoms in total. The van der Waals surface area contributed by atoms with E-state index < -0.39 is 0 Å². The first-order valence-electron chi connectivity index (χ1n) is 6.97. The molecule has 0 atom stereocenters. The second kappa shape index (κ2) is 7.11. The van der Waals surface area contributed by atoms with Crippen LogP contribution in [0.1, 0.15) is 25.8 Å². The van der Waals surface area contributed by atoms with Crippen molar-refractivity contribution in [3.05, 3.63) is 27.9 Å². The van der Waals surface area contributed by atoms with Gasteiger partial charge in [-0.1, -0.05) is 6.92 Å². The van der Waals surface area contributed by atoms with Gasteiger partial charge in [-0.05, 0) is 65.3 Å². The van der Waals surface area contributed by atoms with Crippen molar-refractivity contribution >= 4 is 45.2 Å². The van der Waals surface area contributed by atoms with Gasteiger partial charge in [-0.15, -0.1) is 0 Å². The smallest absolute Gasteiger partial charge is 0.276 e. The van der Waals surface area contributed by atoms with Gasteiger partial charge in [-0.25, -0.2) is 0 Å². The molecule has 1 aromatic carbocycles. The first kappa shape index (κ1) is 16.8. The lowest BCUT2D eigenvalue weighted by Crippen LogP contribution is -2.31. The van der Waals surface area contributed by atoms with Crippen molar-refractivity contribution in [3.63, 3.8) is 0 Å². The molecule has 1 aliphatic rings. The van der Waals surface area contributed by atoms with Crippen LogP contribution in [0, 0.1) is 0 Å². The predicted octanol–water partition coefficient (Wildman–Crippen LogP) is 3.02. The van der Waals surface area contributed by atoms with Crippen LogP contribution in [0.5, 0.6) is 11.5 Å². The Morgan fingerprint density at radius 1 is 1.45 bits per heavy atom. The topological polar surface area (TPSA) is 61.8 Å². The van der Waals surface area contributed by atoms with Gasteiger partial charge in [0.05, 0.1) is 11.1 Å². The summed E-state index contributed by atoms with van der Waals surface area (Å²) in [4.78, 5) is 13.8. The van der Waals surface area contributed by atoms with Crippen molar-refractivity contribution in [2.24, 2.45) is 0 Å². The summed E-state index contributed by atoms with van der Waals surface area (Å²) in [6.45, 7) is 4.85. The third-order valence-corrected chi connectivity index (χ3v) is 4.00. The van der Waals surface area contributed by atoms with E-state index >= 15 is 0 Å². The molecule has 1 aliphatic heterocycles. The molecule has 0 bridgehead atoms. The van der Waals surface area contributed by atoms with Crippen LogP contribution in [-0.4, -0.2) is 34.2 Å². The Kier molecular flexibility index (Phi) is 5.42. The maximum atomic E-state index is 12.3. The van der Waals surface area contributed by atoms with Crippen LogP contribution in [0.3, 0.4) is 0 Å². The standard InChI is InChI=1S/C15H17BrN2O3S/c1-3-5-18-14(20)11(17-15(18)22)7-9-6-10(16)13(19)12(8-9)21-4-2/h6-8,19H,3-5H2,1-2H3,(H,17,22). The van der Waals surface area contributed by atoms with E-state index in [0.29, 0.717) is 34.2 Å². The van der Waals surface area contributed by atoms with E-state index in [9.17, 15) is 9.90 Å². The first-order chi connectivity index (χ1) is 10.5. The summed E-state index contributed by atoms with van der Waals surface area (Å²) in [6.07, 6.45) is 2.52. The lowest BCUT2D eigenvalue weighted by atomic mass is 10.1. The maximum Gasteiger partial charge on any atom is 0.276 e. The zero-order chi connectivity index (χ0) is 16.3. The van der Waals surface area contributed by atoms with E-state index in [-0.39, 0.29) is 11.7 Å². The molecule has 118 valence electrons. The largest absolute Gasteiger partial charge is 0.503 e. The minimum Gasteiger partial charge on any atom is -0.503 e. The normalized spacial score (nSPS) is 16.3. The Hall–Kier alpha value is -1.60. The summed E-state index contributed by atoms with van der Waals surface area (Å²) in [5, 5.41) is 13.3. The number of benzene rings is 1. The minimum absolute atomic E-state index is 0.0397. The number of thiocarbonyl (C=S) groups is 1. The fourth-order valence-corrected chi connectivity index (χ4v) is 2.85. The first-order valence-corrected chi connectivity index (χ1v) is 8.17. The van der Waals surface area contributed by atoms with Crippen molar-refractivity contribution in [3.8, 4) is 11.5 Å². The summed E-state index contributed by atoms with van der Waals surface area (Å²) >= 11 is 8.45. The molecule has 0 radical (unpaired) electrons. The van der Waals surface area contributed by atoms with Crippen LogP contribution in [0.25, 0.3) is 6.08 Å². The summed E-state index contributed by atoms with van der Waals surface area (Å²) in [5.74, 6) is 0.258. The van der Waals surface area contributed by atoms with Crippen LogP contribution in [0.15, 0.2) is 22.3 Å². The number of hydrogen-bond donors (Lipinski definition) is 2. The Bertz CT molecular complexity index is 646. The maximum absolute atomic E-state index is 12.3. The molecule has 2 N–H and O–H groups in total. The van der Waals surface area contributed by atoms with Gasteiger partial charge in [0.25, 0.3) is 5.91 Å². The average Bonchev–Trinajstić information content (AvgIpc) is 2.72. The van der Waals surface area contributed by atoms with Crippen molar-refractivity contribution in [2.45, 2.75) is 20.3 Å². The quantitative estimate of drug-likeness (QED) is 0.603. The fourth-order valence-electron chi connectivity index (χ4n) is 2.11. The third kappa shape index (κ3) is 3.41. The van der Waals surface area contributed by atoms with Gasteiger partial charge in [0, 0.05) is 6.54 Å². The highest BCUT2D eigenvalue weighted by Crippen LogP contribution is 2.36. The number of aromatic hydroxyl groups is 1. The highest BCUT2D eigenvalue weighted by molar-refractivity contribution is 9.10. The number of hydrogen-bond acceptors (Lipinski definition) is 4. The van der Waals surface area contributed by atoms with Crippen LogP contribution >= 0.6 is 28.1 Å². The molecule has 0 spiro atoms. The van der Waals surface area contributed by atoms with Crippen LogP contribution in [-0.2, 0) is 4.79 Å². The molecule has 2 rings (SSSR count). The lowest BCUT2D eigenvalue weighted by Gasteiger charge is -2.11.